The summed E-state index contributed by atoms with van der Waals surface area (Å²) in [6, 6.07) is 8.90. The summed E-state index contributed by atoms with van der Waals surface area (Å²) < 4.78 is 0.712. The predicted molar refractivity (Wildman–Crippen MR) is 83.3 cm³/mol. The maximum absolute atomic E-state index is 8.82. The number of rotatable bonds is 3. The van der Waals surface area contributed by atoms with Crippen LogP contribution in [0.2, 0.25) is 5.02 Å². The van der Waals surface area contributed by atoms with Gasteiger partial charge in [0, 0.05) is 12.0 Å². The monoisotopic (exact) mass is 350 g/mol. The molecule has 6 heteroatoms. The lowest BCUT2D eigenvalue weighted by molar-refractivity contribution is 0.771. The molecule has 1 aromatic carbocycles. The molecule has 2 rings (SSSR count). The van der Waals surface area contributed by atoms with E-state index in [0.717, 1.165) is 5.82 Å². The number of nitrogens with one attached hydrogen (secondary N) is 1. The van der Waals surface area contributed by atoms with Crippen molar-refractivity contribution in [2.45, 2.75) is 19.8 Å². The van der Waals surface area contributed by atoms with Gasteiger partial charge in [-0.15, -0.1) is 0 Å². The van der Waals surface area contributed by atoms with E-state index in [1.807, 2.05) is 19.9 Å². The molecule has 0 amide bonds. The van der Waals surface area contributed by atoms with Crippen molar-refractivity contribution in [3.05, 3.63) is 45.3 Å². The van der Waals surface area contributed by atoms with Gasteiger partial charge in [-0.3, -0.25) is 0 Å². The van der Waals surface area contributed by atoms with E-state index in [1.165, 1.54) is 0 Å². The van der Waals surface area contributed by atoms with Gasteiger partial charge in [-0.2, -0.15) is 5.26 Å². The van der Waals surface area contributed by atoms with E-state index in [9.17, 15) is 0 Å². The highest BCUT2D eigenvalue weighted by Gasteiger charge is 2.08. The van der Waals surface area contributed by atoms with Crippen LogP contribution in [0.25, 0.3) is 0 Å². The van der Waals surface area contributed by atoms with E-state index in [1.54, 1.807) is 24.3 Å². The van der Waals surface area contributed by atoms with Gasteiger partial charge in [0.25, 0.3) is 0 Å². The number of halogens is 2. The molecule has 0 radical (unpaired) electrons. The highest BCUT2D eigenvalue weighted by atomic mass is 79.9. The summed E-state index contributed by atoms with van der Waals surface area (Å²) in [4.78, 5) is 8.75. The van der Waals surface area contributed by atoms with Crippen molar-refractivity contribution in [3.63, 3.8) is 0 Å². The van der Waals surface area contributed by atoms with Gasteiger partial charge in [0.1, 0.15) is 16.2 Å². The summed E-state index contributed by atoms with van der Waals surface area (Å²) in [7, 11) is 0. The van der Waals surface area contributed by atoms with Crippen LogP contribution >= 0.6 is 27.5 Å². The van der Waals surface area contributed by atoms with E-state index in [4.69, 9.17) is 16.9 Å². The Morgan fingerprint density at radius 3 is 2.65 bits per heavy atom. The van der Waals surface area contributed by atoms with Gasteiger partial charge in [0.15, 0.2) is 0 Å². The van der Waals surface area contributed by atoms with E-state index in [2.05, 4.69) is 31.2 Å². The highest BCUT2D eigenvalue weighted by molar-refractivity contribution is 9.10. The molecule has 0 atom stereocenters. The third kappa shape index (κ3) is 3.47. The molecular formula is C14H12BrClN4. The molecule has 0 saturated carbocycles. The van der Waals surface area contributed by atoms with Gasteiger partial charge < -0.3 is 5.32 Å². The third-order valence-electron chi connectivity index (χ3n) is 2.59. The van der Waals surface area contributed by atoms with Crippen LogP contribution in [0.15, 0.2) is 28.9 Å². The minimum Gasteiger partial charge on any atom is -0.339 e. The minimum atomic E-state index is 0.226. The van der Waals surface area contributed by atoms with Crippen LogP contribution in [0.5, 0.6) is 0 Å². The number of hydrogen-bond donors (Lipinski definition) is 1. The Morgan fingerprint density at radius 1 is 1.30 bits per heavy atom. The zero-order valence-electron chi connectivity index (χ0n) is 11.0. The first kappa shape index (κ1) is 14.8. The van der Waals surface area contributed by atoms with Gasteiger partial charge in [0.2, 0.25) is 0 Å². The predicted octanol–water partition coefficient (Wildman–Crippen LogP) is 4.63. The van der Waals surface area contributed by atoms with Crippen LogP contribution in [-0.4, -0.2) is 9.97 Å². The second kappa shape index (κ2) is 6.21. The van der Waals surface area contributed by atoms with E-state index >= 15 is 0 Å². The second-order valence-corrected chi connectivity index (χ2v) is 5.74. The second-order valence-electron chi connectivity index (χ2n) is 4.52. The van der Waals surface area contributed by atoms with E-state index in [0.29, 0.717) is 26.7 Å². The van der Waals surface area contributed by atoms with Crippen molar-refractivity contribution in [3.8, 4) is 6.07 Å². The molecule has 0 bridgehead atoms. The molecule has 4 nitrogen and oxygen atoms in total. The topological polar surface area (TPSA) is 61.6 Å². The summed E-state index contributed by atoms with van der Waals surface area (Å²) in [5.41, 5.74) is 1.22. The molecule has 0 unspecified atom stereocenters. The number of benzene rings is 1. The highest BCUT2D eigenvalue weighted by Crippen LogP contribution is 2.27. The average Bonchev–Trinajstić information content (AvgIpc) is 2.40. The van der Waals surface area contributed by atoms with Crippen molar-refractivity contribution >= 4 is 39.0 Å². The standard InChI is InChI=1S/C14H12BrClN4/c1-8(2)14-19-12(15)6-13(20-14)18-11-4-3-9(7-17)5-10(11)16/h3-6,8H,1-2H3,(H,18,19,20). The summed E-state index contributed by atoms with van der Waals surface area (Å²) in [5, 5.41) is 12.4. The lowest BCUT2D eigenvalue weighted by atomic mass is 10.2. The number of anilines is 2. The molecule has 0 aliphatic heterocycles. The molecule has 2 aromatic rings. The van der Waals surface area contributed by atoms with Crippen molar-refractivity contribution in [1.29, 1.82) is 5.26 Å². The lowest BCUT2D eigenvalue weighted by Gasteiger charge is -2.11. The maximum Gasteiger partial charge on any atom is 0.135 e. The average molecular weight is 352 g/mol. The molecule has 1 aromatic heterocycles. The molecule has 0 fully saturated rings. The SMILES string of the molecule is CC(C)c1nc(Br)cc(Nc2ccc(C#N)cc2Cl)n1. The van der Waals surface area contributed by atoms with Crippen molar-refractivity contribution in [2.75, 3.05) is 5.32 Å². The zero-order valence-corrected chi connectivity index (χ0v) is 13.3. The smallest absolute Gasteiger partial charge is 0.135 e. The molecule has 20 heavy (non-hydrogen) atoms. The Kier molecular flexibility index (Phi) is 4.58. The number of aromatic nitrogens is 2. The van der Waals surface area contributed by atoms with Crippen LogP contribution in [-0.2, 0) is 0 Å². The Morgan fingerprint density at radius 2 is 2.05 bits per heavy atom. The number of nitrogens with zero attached hydrogens (tertiary/aromatic N) is 3. The normalized spacial score (nSPS) is 10.4. The van der Waals surface area contributed by atoms with Gasteiger partial charge in [-0.25, -0.2) is 9.97 Å². The van der Waals surface area contributed by atoms with Crippen LogP contribution in [0.4, 0.5) is 11.5 Å². The summed E-state index contributed by atoms with van der Waals surface area (Å²) in [6.07, 6.45) is 0. The van der Waals surface area contributed by atoms with Crippen molar-refractivity contribution in [1.82, 2.24) is 9.97 Å². The molecule has 0 spiro atoms. The molecule has 0 aliphatic rings. The minimum absolute atomic E-state index is 0.226. The van der Waals surface area contributed by atoms with Crippen LogP contribution in [0.3, 0.4) is 0 Å². The van der Waals surface area contributed by atoms with Gasteiger partial charge in [0.05, 0.1) is 22.3 Å². The van der Waals surface area contributed by atoms with Crippen molar-refractivity contribution < 1.29 is 0 Å². The molecule has 1 heterocycles. The van der Waals surface area contributed by atoms with Crippen molar-refractivity contribution in [2.24, 2.45) is 0 Å². The van der Waals surface area contributed by atoms with Gasteiger partial charge >= 0.3 is 0 Å². The fourth-order valence-electron chi connectivity index (χ4n) is 1.58. The Bertz CT molecular complexity index is 679. The molecule has 0 aliphatic carbocycles. The molecular weight excluding hydrogens is 340 g/mol. The Labute approximate surface area is 131 Å². The lowest BCUT2D eigenvalue weighted by Crippen LogP contribution is -2.02. The number of hydrogen-bond acceptors (Lipinski definition) is 4. The first-order valence-corrected chi connectivity index (χ1v) is 7.18. The van der Waals surface area contributed by atoms with E-state index < -0.39 is 0 Å². The largest absolute Gasteiger partial charge is 0.339 e. The fraction of sp³-hybridized carbons (Fsp3) is 0.214. The zero-order chi connectivity index (χ0) is 14.7. The summed E-state index contributed by atoms with van der Waals surface area (Å²) >= 11 is 9.50. The van der Waals surface area contributed by atoms with Crippen LogP contribution in [0.1, 0.15) is 31.2 Å². The van der Waals surface area contributed by atoms with Crippen LogP contribution < -0.4 is 5.32 Å². The Balaban J connectivity index is 2.33. The van der Waals surface area contributed by atoms with Gasteiger partial charge in [-0.05, 0) is 34.1 Å². The quantitative estimate of drug-likeness (QED) is 0.819. The summed E-state index contributed by atoms with van der Waals surface area (Å²) in [6.45, 7) is 4.06. The van der Waals surface area contributed by atoms with Gasteiger partial charge in [-0.1, -0.05) is 25.4 Å². The van der Waals surface area contributed by atoms with Crippen LogP contribution in [0, 0.1) is 11.3 Å². The fourth-order valence-corrected chi connectivity index (χ4v) is 2.21. The molecule has 0 saturated heterocycles. The Hall–Kier alpha value is -1.64. The van der Waals surface area contributed by atoms with E-state index in [-0.39, 0.29) is 5.92 Å². The molecule has 1 N–H and O–H groups in total. The maximum atomic E-state index is 8.82. The molecule has 102 valence electrons. The summed E-state index contributed by atoms with van der Waals surface area (Å²) in [5.74, 6) is 1.62. The first-order chi connectivity index (χ1) is 9.49. The third-order valence-corrected chi connectivity index (χ3v) is 3.31. The first-order valence-electron chi connectivity index (χ1n) is 6.00. The number of nitriles is 1.